The van der Waals surface area contributed by atoms with Gasteiger partial charge in [0.1, 0.15) is 5.01 Å². The first-order valence-electron chi connectivity index (χ1n) is 8.00. The van der Waals surface area contributed by atoms with Gasteiger partial charge in [-0.25, -0.2) is 9.78 Å². The van der Waals surface area contributed by atoms with Gasteiger partial charge in [0.05, 0.1) is 22.8 Å². The maximum atomic E-state index is 12.2. The average Bonchev–Trinajstić information content (AvgIpc) is 2.94. The average molecular weight is 348 g/mol. The molecule has 130 valence electrons. The van der Waals surface area contributed by atoms with Crippen molar-refractivity contribution in [1.82, 2.24) is 20.5 Å². The number of thiazole rings is 1. The zero-order valence-corrected chi connectivity index (χ0v) is 15.3. The summed E-state index contributed by atoms with van der Waals surface area (Å²) in [7, 11) is 1.85. The Balaban J connectivity index is 1.89. The van der Waals surface area contributed by atoms with Crippen LogP contribution in [0.15, 0.2) is 24.3 Å². The minimum Gasteiger partial charge on any atom is -0.338 e. The number of urea groups is 1. The Labute approximate surface area is 146 Å². The molecule has 1 aromatic carbocycles. The van der Waals surface area contributed by atoms with Crippen molar-refractivity contribution in [3.8, 4) is 0 Å². The third-order valence-corrected chi connectivity index (χ3v) is 4.69. The summed E-state index contributed by atoms with van der Waals surface area (Å²) in [6.07, 6.45) is 0. The molecule has 2 rings (SSSR count). The molecule has 0 aliphatic rings. The van der Waals surface area contributed by atoms with E-state index in [1.165, 1.54) is 0 Å². The van der Waals surface area contributed by atoms with E-state index in [0.29, 0.717) is 19.0 Å². The fraction of sp³-hybridized carbons (Fsp3) is 0.471. The van der Waals surface area contributed by atoms with E-state index >= 15 is 0 Å². The highest BCUT2D eigenvalue weighted by atomic mass is 32.1. The summed E-state index contributed by atoms with van der Waals surface area (Å²) in [6.45, 7) is 6.86. The molecule has 2 N–H and O–H groups in total. The van der Waals surface area contributed by atoms with Crippen LogP contribution in [0, 0.1) is 5.92 Å². The zero-order valence-electron chi connectivity index (χ0n) is 14.5. The van der Waals surface area contributed by atoms with Gasteiger partial charge in [-0.05, 0) is 32.0 Å². The van der Waals surface area contributed by atoms with Crippen molar-refractivity contribution < 1.29 is 9.59 Å². The second-order valence-corrected chi connectivity index (χ2v) is 7.37. The number of likely N-dealkylation sites (N-methyl/N-ethyl adjacent to an activating group) is 1. The molecular weight excluding hydrogens is 324 g/mol. The highest BCUT2D eigenvalue weighted by molar-refractivity contribution is 7.18. The van der Waals surface area contributed by atoms with E-state index in [9.17, 15) is 9.59 Å². The molecule has 0 aliphatic carbocycles. The Morgan fingerprint density at radius 1 is 1.25 bits per heavy atom. The van der Waals surface area contributed by atoms with Crippen molar-refractivity contribution in [2.75, 3.05) is 13.6 Å². The number of hydrogen-bond acceptors (Lipinski definition) is 5. The number of fused-ring (bicyclic) bond motifs is 1. The van der Waals surface area contributed by atoms with Crippen molar-refractivity contribution in [2.24, 2.45) is 5.92 Å². The fourth-order valence-electron chi connectivity index (χ4n) is 2.10. The SMILES string of the molecule is CC(C)CNC(=O)NC(=O)C(C)N(C)Cc1nc2ccccc2s1. The Hall–Kier alpha value is -1.99. The van der Waals surface area contributed by atoms with Gasteiger partial charge in [0.15, 0.2) is 0 Å². The summed E-state index contributed by atoms with van der Waals surface area (Å²) in [5.74, 6) is 0.0184. The zero-order chi connectivity index (χ0) is 17.7. The Kier molecular flexibility index (Phi) is 6.28. The Morgan fingerprint density at radius 3 is 2.62 bits per heavy atom. The molecule has 1 heterocycles. The highest BCUT2D eigenvalue weighted by Gasteiger charge is 2.21. The van der Waals surface area contributed by atoms with Crippen LogP contribution in [-0.2, 0) is 11.3 Å². The largest absolute Gasteiger partial charge is 0.338 e. The summed E-state index contributed by atoms with van der Waals surface area (Å²) in [4.78, 5) is 30.3. The smallest absolute Gasteiger partial charge is 0.321 e. The number of para-hydroxylation sites is 1. The van der Waals surface area contributed by atoms with Gasteiger partial charge < -0.3 is 5.32 Å². The van der Waals surface area contributed by atoms with Crippen LogP contribution < -0.4 is 10.6 Å². The minimum atomic E-state index is -0.450. The molecule has 0 fully saturated rings. The Morgan fingerprint density at radius 2 is 1.96 bits per heavy atom. The van der Waals surface area contributed by atoms with Gasteiger partial charge in [-0.15, -0.1) is 11.3 Å². The predicted molar refractivity (Wildman–Crippen MR) is 96.9 cm³/mol. The van der Waals surface area contributed by atoms with Crippen LogP contribution in [0.1, 0.15) is 25.8 Å². The first-order chi connectivity index (χ1) is 11.4. The number of carbonyl (C=O) groups is 2. The van der Waals surface area contributed by atoms with Crippen LogP contribution in [0.2, 0.25) is 0 Å². The van der Waals surface area contributed by atoms with Crippen molar-refractivity contribution in [3.63, 3.8) is 0 Å². The van der Waals surface area contributed by atoms with Gasteiger partial charge in [0, 0.05) is 6.54 Å². The van der Waals surface area contributed by atoms with Crippen LogP contribution >= 0.6 is 11.3 Å². The number of imide groups is 1. The van der Waals surface area contributed by atoms with Gasteiger partial charge >= 0.3 is 6.03 Å². The van der Waals surface area contributed by atoms with E-state index < -0.39 is 12.1 Å². The first-order valence-corrected chi connectivity index (χ1v) is 8.82. The van der Waals surface area contributed by atoms with Crippen LogP contribution in [0.5, 0.6) is 0 Å². The van der Waals surface area contributed by atoms with Gasteiger partial charge in [-0.1, -0.05) is 26.0 Å². The second kappa shape index (κ2) is 8.21. The predicted octanol–water partition coefficient (Wildman–Crippen LogP) is 2.60. The number of rotatable bonds is 6. The molecule has 0 spiro atoms. The number of hydrogen-bond donors (Lipinski definition) is 2. The standard InChI is InChI=1S/C17H24N4O2S/c1-11(2)9-18-17(23)20-16(22)12(3)21(4)10-15-19-13-7-5-6-8-14(13)24-15/h5-8,11-12H,9-10H2,1-4H3,(H2,18,20,22,23). The van der Waals surface area contributed by atoms with E-state index in [4.69, 9.17) is 0 Å². The monoisotopic (exact) mass is 348 g/mol. The van der Waals surface area contributed by atoms with Crippen molar-refractivity contribution in [1.29, 1.82) is 0 Å². The summed E-state index contributed by atoms with van der Waals surface area (Å²) in [6, 6.07) is 7.08. The molecule has 0 saturated heterocycles. The topological polar surface area (TPSA) is 74.3 Å². The summed E-state index contributed by atoms with van der Waals surface area (Å²) >= 11 is 1.62. The summed E-state index contributed by atoms with van der Waals surface area (Å²) in [5.41, 5.74) is 0.969. The molecular formula is C17H24N4O2S. The molecule has 24 heavy (non-hydrogen) atoms. The second-order valence-electron chi connectivity index (χ2n) is 6.26. The first kappa shape index (κ1) is 18.4. The molecule has 1 aromatic heterocycles. The number of nitrogens with zero attached hydrogens (tertiary/aromatic N) is 2. The molecule has 3 amide bonds. The van der Waals surface area contributed by atoms with Gasteiger partial charge in [0.25, 0.3) is 0 Å². The van der Waals surface area contributed by atoms with Crippen molar-refractivity contribution >= 4 is 33.5 Å². The number of nitrogens with one attached hydrogen (secondary N) is 2. The highest BCUT2D eigenvalue weighted by Crippen LogP contribution is 2.22. The third kappa shape index (κ3) is 5.01. The summed E-state index contributed by atoms with van der Waals surface area (Å²) < 4.78 is 1.13. The molecule has 2 aromatic rings. The lowest BCUT2D eigenvalue weighted by Gasteiger charge is -2.22. The van der Waals surface area contributed by atoms with E-state index in [0.717, 1.165) is 15.2 Å². The summed E-state index contributed by atoms with van der Waals surface area (Å²) in [5, 5.41) is 6.00. The van der Waals surface area contributed by atoms with Crippen LogP contribution in [0.3, 0.4) is 0 Å². The molecule has 1 unspecified atom stereocenters. The molecule has 1 atom stereocenters. The molecule has 0 radical (unpaired) electrons. The third-order valence-electron chi connectivity index (χ3n) is 3.67. The van der Waals surface area contributed by atoms with Crippen molar-refractivity contribution in [3.05, 3.63) is 29.3 Å². The Bertz CT molecular complexity index is 680. The lowest BCUT2D eigenvalue weighted by molar-refractivity contribution is -0.124. The number of carbonyl (C=O) groups excluding carboxylic acids is 2. The maximum Gasteiger partial charge on any atom is 0.321 e. The van der Waals surface area contributed by atoms with Crippen LogP contribution in [0.25, 0.3) is 10.2 Å². The molecule has 0 saturated carbocycles. The molecule has 0 bridgehead atoms. The minimum absolute atomic E-state index is 0.320. The van der Waals surface area contributed by atoms with E-state index in [-0.39, 0.29) is 5.91 Å². The molecule has 6 nitrogen and oxygen atoms in total. The quantitative estimate of drug-likeness (QED) is 0.841. The van der Waals surface area contributed by atoms with Gasteiger partial charge in [-0.3, -0.25) is 15.0 Å². The lowest BCUT2D eigenvalue weighted by Crippen LogP contribution is -2.48. The van der Waals surface area contributed by atoms with E-state index in [2.05, 4.69) is 15.6 Å². The lowest BCUT2D eigenvalue weighted by atomic mass is 10.2. The number of amides is 3. The van der Waals surface area contributed by atoms with Crippen LogP contribution in [0.4, 0.5) is 4.79 Å². The number of aromatic nitrogens is 1. The number of benzene rings is 1. The maximum absolute atomic E-state index is 12.2. The van der Waals surface area contributed by atoms with E-state index in [1.807, 2.05) is 50.1 Å². The van der Waals surface area contributed by atoms with Gasteiger partial charge in [0.2, 0.25) is 5.91 Å². The fourth-order valence-corrected chi connectivity index (χ4v) is 3.13. The van der Waals surface area contributed by atoms with Crippen molar-refractivity contribution in [2.45, 2.75) is 33.4 Å². The van der Waals surface area contributed by atoms with E-state index in [1.54, 1.807) is 18.3 Å². The van der Waals surface area contributed by atoms with Crippen LogP contribution in [-0.4, -0.2) is 41.5 Å². The van der Waals surface area contributed by atoms with Gasteiger partial charge in [-0.2, -0.15) is 0 Å². The molecule has 0 aliphatic heterocycles. The molecule has 7 heteroatoms. The normalized spacial score (nSPS) is 12.6.